The molecule has 2 heterocycles. The fourth-order valence-electron chi connectivity index (χ4n) is 1.12. The highest BCUT2D eigenvalue weighted by Crippen LogP contribution is 2.37. The summed E-state index contributed by atoms with van der Waals surface area (Å²) in [5.41, 5.74) is -0.394. The lowest BCUT2D eigenvalue weighted by Crippen LogP contribution is -2.06. The maximum absolute atomic E-state index is 12.4. The van der Waals surface area contributed by atoms with Crippen LogP contribution in [0, 0.1) is 0 Å². The predicted octanol–water partition coefficient (Wildman–Crippen LogP) is 2.23. The van der Waals surface area contributed by atoms with Crippen LogP contribution in [0.2, 0.25) is 0 Å². The van der Waals surface area contributed by atoms with E-state index in [-0.39, 0.29) is 6.29 Å². The molecule has 0 aliphatic rings. The lowest BCUT2D eigenvalue weighted by molar-refractivity contribution is -0.134. The summed E-state index contributed by atoms with van der Waals surface area (Å²) < 4.78 is 38.2. The zero-order chi connectivity index (χ0) is 10.3. The van der Waals surface area contributed by atoms with Gasteiger partial charge in [-0.1, -0.05) is 0 Å². The number of rotatable bonds is 1. The molecule has 74 valence electrons. The van der Waals surface area contributed by atoms with Crippen LogP contribution in [-0.2, 0) is 6.18 Å². The second-order valence-electron chi connectivity index (χ2n) is 2.53. The highest BCUT2D eigenvalue weighted by Gasteiger charge is 2.37. The molecule has 0 fully saturated rings. The normalized spacial score (nSPS) is 12.2. The van der Waals surface area contributed by atoms with Crippen LogP contribution in [-0.4, -0.2) is 15.7 Å². The summed E-state index contributed by atoms with van der Waals surface area (Å²) in [6, 6.07) is 0. The molecule has 0 atom stereocenters. The highest BCUT2D eigenvalue weighted by molar-refractivity contribution is 7.17. The Kier molecular flexibility index (Phi) is 1.84. The summed E-state index contributed by atoms with van der Waals surface area (Å²) in [7, 11) is 0. The Labute approximate surface area is 79.8 Å². The Morgan fingerprint density at radius 3 is 2.79 bits per heavy atom. The molecule has 0 aromatic carbocycles. The van der Waals surface area contributed by atoms with Gasteiger partial charge in [-0.3, -0.25) is 9.20 Å². The van der Waals surface area contributed by atoms with Crippen LogP contribution in [0.1, 0.15) is 15.4 Å². The molecular weight excluding hydrogens is 217 g/mol. The molecule has 0 saturated heterocycles. The number of imidazole rings is 1. The lowest BCUT2D eigenvalue weighted by atomic mass is 10.4. The quantitative estimate of drug-likeness (QED) is 0.690. The molecule has 0 aliphatic heterocycles. The monoisotopic (exact) mass is 220 g/mol. The molecule has 0 radical (unpaired) electrons. The first kappa shape index (κ1) is 9.20. The van der Waals surface area contributed by atoms with Gasteiger partial charge in [-0.2, -0.15) is 13.2 Å². The minimum atomic E-state index is -4.49. The first-order chi connectivity index (χ1) is 6.54. The highest BCUT2D eigenvalue weighted by atomic mass is 32.1. The van der Waals surface area contributed by atoms with Gasteiger partial charge in [0.15, 0.2) is 6.29 Å². The summed E-state index contributed by atoms with van der Waals surface area (Å²) in [6.07, 6.45) is -1.83. The summed E-state index contributed by atoms with van der Waals surface area (Å²) in [6.45, 7) is 0. The molecule has 3 nitrogen and oxygen atoms in total. The van der Waals surface area contributed by atoms with Gasteiger partial charge in [0, 0.05) is 0 Å². The molecule has 0 aliphatic carbocycles. The van der Waals surface area contributed by atoms with Crippen molar-refractivity contribution in [3.05, 3.63) is 23.1 Å². The Morgan fingerprint density at radius 1 is 1.50 bits per heavy atom. The number of fused-ring (bicyclic) bond motifs is 1. The van der Waals surface area contributed by atoms with E-state index >= 15 is 0 Å². The smallest absolute Gasteiger partial charge is 0.296 e. The van der Waals surface area contributed by atoms with Crippen LogP contribution < -0.4 is 0 Å². The Hall–Kier alpha value is -1.37. The number of alkyl halides is 3. The molecule has 0 N–H and O–H groups in total. The Bertz CT molecular complexity index is 485. The largest absolute Gasteiger partial charge is 0.427 e. The van der Waals surface area contributed by atoms with E-state index in [1.54, 1.807) is 0 Å². The van der Waals surface area contributed by atoms with Gasteiger partial charge in [0.05, 0.1) is 6.20 Å². The number of halogens is 3. The Balaban J connectivity index is 2.76. The molecule has 2 aromatic heterocycles. The number of hydrogen-bond donors (Lipinski definition) is 0. The molecule has 2 rings (SSSR count). The van der Waals surface area contributed by atoms with E-state index in [1.807, 2.05) is 0 Å². The van der Waals surface area contributed by atoms with Crippen molar-refractivity contribution in [2.45, 2.75) is 6.18 Å². The lowest BCUT2D eigenvalue weighted by Gasteiger charge is -2.02. The summed E-state index contributed by atoms with van der Waals surface area (Å²) in [4.78, 5) is 13.6. The van der Waals surface area contributed by atoms with Gasteiger partial charge in [-0.15, -0.1) is 11.3 Å². The van der Waals surface area contributed by atoms with Crippen molar-refractivity contribution >= 4 is 22.5 Å². The van der Waals surface area contributed by atoms with Crippen LogP contribution >= 0.6 is 11.3 Å². The summed E-state index contributed by atoms with van der Waals surface area (Å²) in [5, 5.41) is 0. The third kappa shape index (κ3) is 1.20. The van der Waals surface area contributed by atoms with Crippen LogP contribution in [0.4, 0.5) is 13.2 Å². The minimum Gasteiger partial charge on any atom is -0.296 e. The van der Waals surface area contributed by atoms with E-state index in [1.165, 1.54) is 12.5 Å². The van der Waals surface area contributed by atoms with Crippen LogP contribution in [0.15, 0.2) is 12.5 Å². The number of aldehydes is 1. The van der Waals surface area contributed by atoms with E-state index in [9.17, 15) is 18.0 Å². The number of hydrogen-bond acceptors (Lipinski definition) is 3. The Morgan fingerprint density at radius 2 is 2.21 bits per heavy atom. The zero-order valence-corrected chi connectivity index (χ0v) is 7.39. The summed E-state index contributed by atoms with van der Waals surface area (Å²) in [5.74, 6) is 0. The van der Waals surface area contributed by atoms with Gasteiger partial charge in [0.2, 0.25) is 0 Å². The fourth-order valence-corrected chi connectivity index (χ4v) is 2.05. The van der Waals surface area contributed by atoms with Crippen molar-refractivity contribution in [1.29, 1.82) is 0 Å². The maximum Gasteiger partial charge on any atom is 0.427 e. The van der Waals surface area contributed by atoms with E-state index < -0.39 is 16.7 Å². The van der Waals surface area contributed by atoms with Crippen LogP contribution in [0.3, 0.4) is 0 Å². The van der Waals surface area contributed by atoms with Crippen molar-refractivity contribution < 1.29 is 18.0 Å². The van der Waals surface area contributed by atoms with Crippen molar-refractivity contribution in [3.8, 4) is 0 Å². The number of thiazole rings is 1. The van der Waals surface area contributed by atoms with Crippen molar-refractivity contribution in [3.63, 3.8) is 0 Å². The van der Waals surface area contributed by atoms with Gasteiger partial charge < -0.3 is 0 Å². The van der Waals surface area contributed by atoms with Gasteiger partial charge >= 0.3 is 6.18 Å². The van der Waals surface area contributed by atoms with Crippen molar-refractivity contribution in [2.24, 2.45) is 0 Å². The van der Waals surface area contributed by atoms with Gasteiger partial charge in [0.1, 0.15) is 21.7 Å². The van der Waals surface area contributed by atoms with E-state index in [0.29, 0.717) is 16.2 Å². The molecular formula is C7H3F3N2OS. The van der Waals surface area contributed by atoms with Gasteiger partial charge in [-0.25, -0.2) is 4.98 Å². The first-order valence-electron chi connectivity index (χ1n) is 3.51. The SMILES string of the molecule is O=Cc1c(C(F)(F)F)sc2cncn12. The van der Waals surface area contributed by atoms with Crippen LogP contribution in [0.5, 0.6) is 0 Å². The molecule has 14 heavy (non-hydrogen) atoms. The van der Waals surface area contributed by atoms with Crippen molar-refractivity contribution in [2.75, 3.05) is 0 Å². The second-order valence-corrected chi connectivity index (χ2v) is 3.56. The van der Waals surface area contributed by atoms with Crippen molar-refractivity contribution in [1.82, 2.24) is 9.38 Å². The number of carbonyl (C=O) groups excluding carboxylic acids is 1. The van der Waals surface area contributed by atoms with Crippen LogP contribution in [0.25, 0.3) is 4.83 Å². The molecule has 7 heteroatoms. The number of nitrogens with zero attached hydrogens (tertiary/aromatic N) is 2. The third-order valence-electron chi connectivity index (χ3n) is 1.67. The molecule has 0 spiro atoms. The van der Waals surface area contributed by atoms with Gasteiger partial charge in [0.25, 0.3) is 0 Å². The van der Waals surface area contributed by atoms with Gasteiger partial charge in [-0.05, 0) is 0 Å². The zero-order valence-electron chi connectivity index (χ0n) is 6.58. The second kappa shape index (κ2) is 2.81. The minimum absolute atomic E-state index is 0.188. The molecule has 0 amide bonds. The average Bonchev–Trinajstić information content (AvgIpc) is 2.58. The first-order valence-corrected chi connectivity index (χ1v) is 4.33. The molecule has 0 bridgehead atoms. The van der Waals surface area contributed by atoms with E-state index in [2.05, 4.69) is 4.98 Å². The third-order valence-corrected chi connectivity index (χ3v) is 2.83. The van der Waals surface area contributed by atoms with E-state index in [4.69, 9.17) is 0 Å². The average molecular weight is 220 g/mol. The maximum atomic E-state index is 12.4. The predicted molar refractivity (Wildman–Crippen MR) is 43.5 cm³/mol. The number of carbonyl (C=O) groups is 1. The topological polar surface area (TPSA) is 34.4 Å². The summed E-state index contributed by atoms with van der Waals surface area (Å²) >= 11 is 0.506. The molecule has 0 unspecified atom stereocenters. The molecule has 0 saturated carbocycles. The standard InChI is InChI=1S/C7H3F3N2OS/c8-7(9,10)6-4(2-13)12-3-11-1-5(12)14-6/h1-3H. The fraction of sp³-hybridized carbons (Fsp3) is 0.143. The molecule has 2 aromatic rings. The number of aromatic nitrogens is 2. The van der Waals surface area contributed by atoms with E-state index in [0.717, 1.165) is 4.40 Å².